The van der Waals surface area contributed by atoms with E-state index >= 15 is 0 Å². The number of carbonyl (C=O) groups is 1. The van der Waals surface area contributed by atoms with Crippen molar-refractivity contribution in [1.29, 1.82) is 0 Å². The average Bonchev–Trinajstić information content (AvgIpc) is 2.39. The van der Waals surface area contributed by atoms with Gasteiger partial charge in [-0.3, -0.25) is 4.79 Å². The number of carboxylic acid groups (broad SMARTS) is 1. The quantitative estimate of drug-likeness (QED) is 0.903. The van der Waals surface area contributed by atoms with Crippen LogP contribution in [0, 0.1) is 12.7 Å². The van der Waals surface area contributed by atoms with E-state index in [2.05, 4.69) is 0 Å². The van der Waals surface area contributed by atoms with Crippen molar-refractivity contribution < 1.29 is 14.3 Å². The molecule has 0 aromatic heterocycles. The molecule has 2 rings (SSSR count). The van der Waals surface area contributed by atoms with Crippen LogP contribution in [0.5, 0.6) is 0 Å². The van der Waals surface area contributed by atoms with Crippen molar-refractivity contribution >= 4 is 5.97 Å². The Balaban J connectivity index is 2.62. The second-order valence-electron chi connectivity index (χ2n) is 4.59. The lowest BCUT2D eigenvalue weighted by Crippen LogP contribution is -2.10. The third kappa shape index (κ3) is 2.50. The van der Waals surface area contributed by atoms with Crippen molar-refractivity contribution in [3.8, 4) is 11.1 Å². The molecule has 0 bridgehead atoms. The second kappa shape index (κ2) is 5.22. The van der Waals surface area contributed by atoms with Gasteiger partial charge in [0.25, 0.3) is 0 Å². The fraction of sp³-hybridized carbons (Fsp3) is 0.188. The van der Waals surface area contributed by atoms with E-state index in [9.17, 15) is 9.18 Å². The first kappa shape index (κ1) is 13.3. The minimum atomic E-state index is -1.03. The van der Waals surface area contributed by atoms with Crippen LogP contribution in [-0.2, 0) is 4.79 Å². The van der Waals surface area contributed by atoms with E-state index < -0.39 is 17.7 Å². The van der Waals surface area contributed by atoms with Crippen LogP contribution in [0.3, 0.4) is 0 Å². The van der Waals surface area contributed by atoms with E-state index in [-0.39, 0.29) is 5.56 Å². The van der Waals surface area contributed by atoms with Crippen LogP contribution in [-0.4, -0.2) is 11.1 Å². The maximum Gasteiger partial charge on any atom is 0.310 e. The molecule has 98 valence electrons. The topological polar surface area (TPSA) is 37.3 Å². The molecular formula is C16H15FO2. The molecule has 2 aromatic carbocycles. The van der Waals surface area contributed by atoms with Gasteiger partial charge in [-0.1, -0.05) is 42.5 Å². The molecule has 2 nitrogen and oxygen atoms in total. The molecule has 0 aliphatic rings. The molecule has 1 N–H and O–H groups in total. The standard InChI is InChI=1S/C16H15FO2/c1-10-8-9-13(11(2)16(18)19)15(17)14(10)12-6-4-3-5-7-12/h3-9,11H,1-2H3,(H,18,19). The number of hydrogen-bond donors (Lipinski definition) is 1. The van der Waals surface area contributed by atoms with Crippen molar-refractivity contribution in [3.05, 3.63) is 59.4 Å². The predicted molar refractivity (Wildman–Crippen MR) is 72.6 cm³/mol. The van der Waals surface area contributed by atoms with Crippen molar-refractivity contribution in [1.82, 2.24) is 0 Å². The van der Waals surface area contributed by atoms with Gasteiger partial charge in [0, 0.05) is 11.1 Å². The van der Waals surface area contributed by atoms with Crippen LogP contribution in [0.4, 0.5) is 4.39 Å². The Morgan fingerprint density at radius 1 is 1.16 bits per heavy atom. The summed E-state index contributed by atoms with van der Waals surface area (Å²) in [6, 6.07) is 12.5. The zero-order valence-corrected chi connectivity index (χ0v) is 10.9. The van der Waals surface area contributed by atoms with Crippen molar-refractivity contribution in [3.63, 3.8) is 0 Å². The summed E-state index contributed by atoms with van der Waals surface area (Å²) in [5.41, 5.74) is 2.25. The Bertz CT molecular complexity index is 606. The summed E-state index contributed by atoms with van der Waals surface area (Å²) in [6.45, 7) is 3.31. The van der Waals surface area contributed by atoms with E-state index in [0.29, 0.717) is 5.56 Å². The predicted octanol–water partition coefficient (Wildman–Crippen LogP) is 3.99. The number of carboxylic acids is 1. The Hall–Kier alpha value is -2.16. The lowest BCUT2D eigenvalue weighted by atomic mass is 9.92. The zero-order valence-electron chi connectivity index (χ0n) is 10.9. The molecule has 19 heavy (non-hydrogen) atoms. The lowest BCUT2D eigenvalue weighted by molar-refractivity contribution is -0.138. The maximum absolute atomic E-state index is 14.6. The van der Waals surface area contributed by atoms with Gasteiger partial charge in [0.15, 0.2) is 0 Å². The number of halogens is 1. The molecule has 0 amide bonds. The van der Waals surface area contributed by atoms with E-state index in [4.69, 9.17) is 5.11 Å². The van der Waals surface area contributed by atoms with Crippen LogP contribution in [0.1, 0.15) is 24.0 Å². The summed E-state index contributed by atoms with van der Waals surface area (Å²) < 4.78 is 14.6. The normalized spacial score (nSPS) is 12.2. The molecule has 0 radical (unpaired) electrons. The first-order valence-corrected chi connectivity index (χ1v) is 6.09. The van der Waals surface area contributed by atoms with Gasteiger partial charge in [-0.05, 0) is 25.0 Å². The third-order valence-corrected chi connectivity index (χ3v) is 3.28. The van der Waals surface area contributed by atoms with Gasteiger partial charge in [0.05, 0.1) is 5.92 Å². The smallest absolute Gasteiger partial charge is 0.310 e. The van der Waals surface area contributed by atoms with Crippen molar-refractivity contribution in [2.45, 2.75) is 19.8 Å². The van der Waals surface area contributed by atoms with Crippen molar-refractivity contribution in [2.24, 2.45) is 0 Å². The Morgan fingerprint density at radius 2 is 1.79 bits per heavy atom. The van der Waals surface area contributed by atoms with Crippen molar-refractivity contribution in [2.75, 3.05) is 0 Å². The molecule has 1 atom stereocenters. The lowest BCUT2D eigenvalue weighted by Gasteiger charge is -2.14. The fourth-order valence-corrected chi connectivity index (χ4v) is 2.12. The van der Waals surface area contributed by atoms with Crippen LogP contribution < -0.4 is 0 Å². The van der Waals surface area contributed by atoms with Gasteiger partial charge < -0.3 is 5.11 Å². The first-order chi connectivity index (χ1) is 9.02. The summed E-state index contributed by atoms with van der Waals surface area (Å²) in [6.07, 6.45) is 0. The number of benzene rings is 2. The Labute approximate surface area is 111 Å². The van der Waals surface area contributed by atoms with Gasteiger partial charge >= 0.3 is 5.97 Å². The molecule has 0 spiro atoms. The highest BCUT2D eigenvalue weighted by Gasteiger charge is 2.21. The van der Waals surface area contributed by atoms with E-state index in [1.165, 1.54) is 6.92 Å². The number of aryl methyl sites for hydroxylation is 1. The summed E-state index contributed by atoms with van der Waals surface area (Å²) >= 11 is 0. The number of aliphatic carboxylic acids is 1. The molecule has 2 aromatic rings. The molecule has 1 unspecified atom stereocenters. The fourth-order valence-electron chi connectivity index (χ4n) is 2.12. The van der Waals surface area contributed by atoms with Crippen LogP contribution in [0.25, 0.3) is 11.1 Å². The van der Waals surface area contributed by atoms with E-state index in [0.717, 1.165) is 11.1 Å². The van der Waals surface area contributed by atoms with Gasteiger partial charge in [-0.25, -0.2) is 4.39 Å². The summed E-state index contributed by atoms with van der Waals surface area (Å²) in [5, 5.41) is 9.02. The molecule has 3 heteroatoms. The molecular weight excluding hydrogens is 243 g/mol. The number of hydrogen-bond acceptors (Lipinski definition) is 1. The monoisotopic (exact) mass is 258 g/mol. The molecule has 0 heterocycles. The Morgan fingerprint density at radius 3 is 2.37 bits per heavy atom. The summed E-state index contributed by atoms with van der Waals surface area (Å²) in [7, 11) is 0. The molecule has 0 aliphatic carbocycles. The third-order valence-electron chi connectivity index (χ3n) is 3.28. The largest absolute Gasteiger partial charge is 0.481 e. The van der Waals surface area contributed by atoms with Gasteiger partial charge in [-0.15, -0.1) is 0 Å². The first-order valence-electron chi connectivity index (χ1n) is 6.09. The Kier molecular flexibility index (Phi) is 3.65. The highest BCUT2D eigenvalue weighted by Crippen LogP contribution is 2.31. The number of rotatable bonds is 3. The molecule has 0 fully saturated rings. The maximum atomic E-state index is 14.6. The highest BCUT2D eigenvalue weighted by molar-refractivity contribution is 5.78. The van der Waals surface area contributed by atoms with Gasteiger partial charge in [0.2, 0.25) is 0 Å². The van der Waals surface area contributed by atoms with E-state index in [1.807, 2.05) is 37.3 Å². The minimum Gasteiger partial charge on any atom is -0.481 e. The molecule has 0 saturated carbocycles. The average molecular weight is 258 g/mol. The summed E-state index contributed by atoms with van der Waals surface area (Å²) in [5.74, 6) is -2.33. The van der Waals surface area contributed by atoms with Gasteiger partial charge in [-0.2, -0.15) is 0 Å². The molecule has 0 aliphatic heterocycles. The van der Waals surface area contributed by atoms with Crippen LogP contribution in [0.15, 0.2) is 42.5 Å². The SMILES string of the molecule is Cc1ccc(C(C)C(=O)O)c(F)c1-c1ccccc1. The zero-order chi connectivity index (χ0) is 14.0. The van der Waals surface area contributed by atoms with Gasteiger partial charge in [0.1, 0.15) is 5.82 Å². The second-order valence-corrected chi connectivity index (χ2v) is 4.59. The highest BCUT2D eigenvalue weighted by atomic mass is 19.1. The van der Waals surface area contributed by atoms with E-state index in [1.54, 1.807) is 12.1 Å². The minimum absolute atomic E-state index is 0.219. The molecule has 0 saturated heterocycles. The summed E-state index contributed by atoms with van der Waals surface area (Å²) in [4.78, 5) is 11.0. The van der Waals surface area contributed by atoms with Crippen LogP contribution in [0.2, 0.25) is 0 Å². The van der Waals surface area contributed by atoms with Crippen LogP contribution >= 0.6 is 0 Å².